The topological polar surface area (TPSA) is 81.5 Å². The molecule has 1 atom stereocenters. The molecule has 19 heavy (non-hydrogen) atoms. The third kappa shape index (κ3) is 3.24. The molecule has 1 amide bonds. The summed E-state index contributed by atoms with van der Waals surface area (Å²) in [7, 11) is 0. The lowest BCUT2D eigenvalue weighted by atomic mass is 10.1. The number of nitrogens with two attached hydrogens (primary N) is 2. The van der Waals surface area contributed by atoms with Crippen LogP contribution in [0.15, 0.2) is 29.3 Å². The van der Waals surface area contributed by atoms with Gasteiger partial charge in [0.1, 0.15) is 0 Å². The molecule has 100 valence electrons. The fourth-order valence-corrected chi connectivity index (χ4v) is 3.31. The van der Waals surface area contributed by atoms with Gasteiger partial charge in [-0.25, -0.2) is 0 Å². The van der Waals surface area contributed by atoms with E-state index in [1.807, 2.05) is 24.3 Å². The Morgan fingerprint density at radius 1 is 1.47 bits per heavy atom. The Bertz CT molecular complexity index is 646. The van der Waals surface area contributed by atoms with Crippen LogP contribution in [0.1, 0.15) is 11.8 Å². The van der Waals surface area contributed by atoms with E-state index in [9.17, 15) is 4.79 Å². The molecule has 0 aliphatic heterocycles. The van der Waals surface area contributed by atoms with E-state index in [1.54, 1.807) is 18.3 Å². The number of benzene rings is 1. The second-order valence-corrected chi connectivity index (χ2v) is 5.92. The Morgan fingerprint density at radius 3 is 2.84 bits per heavy atom. The number of carbonyl (C=O) groups excluding carboxylic acids is 1. The molecule has 0 aliphatic carbocycles. The number of rotatable bonds is 3. The maximum atomic E-state index is 11.7. The minimum Gasteiger partial charge on any atom is -0.370 e. The molecule has 2 aromatic rings. The van der Waals surface area contributed by atoms with Crippen LogP contribution in [0.3, 0.4) is 0 Å². The molecular formula is C13H14ClN3OS. The van der Waals surface area contributed by atoms with Crippen LogP contribution in [0.25, 0.3) is 10.1 Å². The zero-order valence-corrected chi connectivity index (χ0v) is 12.0. The number of guanidine groups is 1. The highest BCUT2D eigenvalue weighted by atomic mass is 35.5. The number of amides is 1. The highest BCUT2D eigenvalue weighted by Gasteiger charge is 2.15. The molecule has 0 spiro atoms. The Labute approximate surface area is 120 Å². The minimum absolute atomic E-state index is 0.198. The molecule has 0 bridgehead atoms. The van der Waals surface area contributed by atoms with Gasteiger partial charge in [0.05, 0.1) is 0 Å². The highest BCUT2D eigenvalue weighted by molar-refractivity contribution is 7.19. The zero-order chi connectivity index (χ0) is 14.0. The van der Waals surface area contributed by atoms with Gasteiger partial charge in [-0.2, -0.15) is 4.99 Å². The first-order valence-electron chi connectivity index (χ1n) is 5.78. The molecule has 4 nitrogen and oxygen atoms in total. The highest BCUT2D eigenvalue weighted by Crippen LogP contribution is 2.32. The fourth-order valence-electron chi connectivity index (χ4n) is 1.81. The van der Waals surface area contributed by atoms with Gasteiger partial charge in [0.15, 0.2) is 5.96 Å². The lowest BCUT2D eigenvalue weighted by Gasteiger charge is -2.04. The quantitative estimate of drug-likeness (QED) is 0.674. The molecule has 0 aliphatic rings. The van der Waals surface area contributed by atoms with Crippen LogP contribution in [0, 0.1) is 5.92 Å². The van der Waals surface area contributed by atoms with Crippen LogP contribution in [0.2, 0.25) is 5.02 Å². The molecule has 4 N–H and O–H groups in total. The normalized spacial score (nSPS) is 12.3. The molecule has 1 heterocycles. The minimum atomic E-state index is -0.302. The number of thiophene rings is 1. The third-order valence-electron chi connectivity index (χ3n) is 2.73. The van der Waals surface area contributed by atoms with E-state index in [0.29, 0.717) is 6.42 Å². The van der Waals surface area contributed by atoms with Crippen LogP contribution < -0.4 is 11.5 Å². The van der Waals surface area contributed by atoms with Gasteiger partial charge < -0.3 is 11.5 Å². The standard InChI is InChI=1S/C13H14ClN3OS/c1-7(12(18)17-13(15)16)5-8-6-9-10(14)3-2-4-11(9)19-8/h2-4,6-7H,5H2,1H3,(H4,15,16,17,18). The Balaban J connectivity index is 2.20. The number of fused-ring (bicyclic) bond motifs is 1. The number of nitrogens with zero attached hydrogens (tertiary/aromatic N) is 1. The number of hydrogen-bond acceptors (Lipinski definition) is 2. The lowest BCUT2D eigenvalue weighted by Crippen LogP contribution is -2.26. The smallest absolute Gasteiger partial charge is 0.252 e. The molecule has 0 saturated carbocycles. The predicted octanol–water partition coefficient (Wildman–Crippen LogP) is 2.53. The van der Waals surface area contributed by atoms with Gasteiger partial charge in [-0.3, -0.25) is 4.79 Å². The van der Waals surface area contributed by atoms with Gasteiger partial charge in [-0.05, 0) is 24.6 Å². The van der Waals surface area contributed by atoms with Crippen molar-refractivity contribution in [1.29, 1.82) is 0 Å². The average molecular weight is 296 g/mol. The van der Waals surface area contributed by atoms with Gasteiger partial charge in [-0.1, -0.05) is 24.6 Å². The van der Waals surface area contributed by atoms with E-state index in [1.165, 1.54) is 0 Å². The Hall–Kier alpha value is -1.59. The van der Waals surface area contributed by atoms with Gasteiger partial charge in [-0.15, -0.1) is 11.3 Å². The van der Waals surface area contributed by atoms with Crippen LogP contribution >= 0.6 is 22.9 Å². The van der Waals surface area contributed by atoms with Crippen molar-refractivity contribution < 1.29 is 4.79 Å². The summed E-state index contributed by atoms with van der Waals surface area (Å²) in [6.45, 7) is 1.81. The van der Waals surface area contributed by atoms with E-state index in [0.717, 1.165) is 20.0 Å². The molecule has 2 rings (SSSR count). The number of aliphatic imine (C=N–C) groups is 1. The van der Waals surface area contributed by atoms with Gasteiger partial charge in [0.2, 0.25) is 0 Å². The molecular weight excluding hydrogens is 282 g/mol. The van der Waals surface area contributed by atoms with Crippen LogP contribution in [-0.4, -0.2) is 11.9 Å². The zero-order valence-electron chi connectivity index (χ0n) is 10.4. The van der Waals surface area contributed by atoms with Crippen molar-refractivity contribution >= 4 is 44.9 Å². The number of halogens is 1. The van der Waals surface area contributed by atoms with E-state index in [4.69, 9.17) is 23.1 Å². The van der Waals surface area contributed by atoms with E-state index in [2.05, 4.69) is 4.99 Å². The molecule has 1 aromatic carbocycles. The monoisotopic (exact) mass is 295 g/mol. The van der Waals surface area contributed by atoms with Crippen molar-refractivity contribution in [3.8, 4) is 0 Å². The number of hydrogen-bond donors (Lipinski definition) is 2. The van der Waals surface area contributed by atoms with E-state index < -0.39 is 0 Å². The van der Waals surface area contributed by atoms with Crippen LogP contribution in [0.4, 0.5) is 0 Å². The molecule has 6 heteroatoms. The van der Waals surface area contributed by atoms with E-state index in [-0.39, 0.29) is 17.8 Å². The van der Waals surface area contributed by atoms with Gasteiger partial charge in [0.25, 0.3) is 5.91 Å². The average Bonchev–Trinajstić information content (AvgIpc) is 2.72. The lowest BCUT2D eigenvalue weighted by molar-refractivity contribution is -0.121. The molecule has 1 unspecified atom stereocenters. The maximum absolute atomic E-state index is 11.7. The Kier molecular flexibility index (Phi) is 4.07. The second kappa shape index (κ2) is 5.59. The van der Waals surface area contributed by atoms with Crippen molar-refractivity contribution in [3.63, 3.8) is 0 Å². The summed E-state index contributed by atoms with van der Waals surface area (Å²) in [5.41, 5.74) is 10.4. The van der Waals surface area contributed by atoms with Crippen molar-refractivity contribution in [1.82, 2.24) is 0 Å². The largest absolute Gasteiger partial charge is 0.370 e. The van der Waals surface area contributed by atoms with Crippen LogP contribution in [0.5, 0.6) is 0 Å². The Morgan fingerprint density at radius 2 is 2.21 bits per heavy atom. The number of carbonyl (C=O) groups is 1. The summed E-state index contributed by atoms with van der Waals surface area (Å²) in [5.74, 6) is -0.756. The first kappa shape index (κ1) is 13.8. The van der Waals surface area contributed by atoms with Crippen molar-refractivity contribution in [2.45, 2.75) is 13.3 Å². The molecule has 0 fully saturated rings. The van der Waals surface area contributed by atoms with Crippen molar-refractivity contribution in [2.24, 2.45) is 22.4 Å². The maximum Gasteiger partial charge on any atom is 0.252 e. The van der Waals surface area contributed by atoms with Crippen molar-refractivity contribution in [2.75, 3.05) is 0 Å². The van der Waals surface area contributed by atoms with Gasteiger partial charge in [0, 0.05) is 25.9 Å². The molecule has 0 saturated heterocycles. The third-order valence-corrected chi connectivity index (χ3v) is 4.18. The summed E-state index contributed by atoms with van der Waals surface area (Å²) in [6, 6.07) is 7.80. The van der Waals surface area contributed by atoms with Crippen LogP contribution in [-0.2, 0) is 11.2 Å². The summed E-state index contributed by atoms with van der Waals surface area (Å²) >= 11 is 7.75. The predicted molar refractivity (Wildman–Crippen MR) is 80.5 cm³/mol. The molecule has 0 radical (unpaired) electrons. The van der Waals surface area contributed by atoms with Crippen molar-refractivity contribution in [3.05, 3.63) is 34.2 Å². The second-order valence-electron chi connectivity index (χ2n) is 4.34. The SMILES string of the molecule is CC(Cc1cc2c(Cl)cccc2s1)C(=O)N=C(N)N. The summed E-state index contributed by atoms with van der Waals surface area (Å²) in [4.78, 5) is 16.3. The summed E-state index contributed by atoms with van der Waals surface area (Å²) < 4.78 is 1.11. The first-order chi connectivity index (χ1) is 8.97. The van der Waals surface area contributed by atoms with Gasteiger partial charge >= 0.3 is 0 Å². The first-order valence-corrected chi connectivity index (χ1v) is 6.97. The fraction of sp³-hybridized carbons (Fsp3) is 0.231. The summed E-state index contributed by atoms with van der Waals surface area (Å²) in [6.07, 6.45) is 0.602. The molecule has 1 aromatic heterocycles. The summed E-state index contributed by atoms with van der Waals surface area (Å²) in [5, 5.41) is 1.74. The van der Waals surface area contributed by atoms with E-state index >= 15 is 0 Å².